The van der Waals surface area contributed by atoms with Crippen LogP contribution in [0.2, 0.25) is 0 Å². The fourth-order valence-corrected chi connectivity index (χ4v) is 3.56. The number of carbonyl (C=O) groups excluding carboxylic acids is 1. The molecule has 0 radical (unpaired) electrons. The Kier molecular flexibility index (Phi) is 4.93. The minimum Gasteiger partial charge on any atom is -0.477 e. The first-order valence-corrected chi connectivity index (χ1v) is 8.42. The highest BCUT2D eigenvalue weighted by Crippen LogP contribution is 2.20. The molecule has 8 heteroatoms. The fraction of sp³-hybridized carbons (Fsp3) is 0.500. The van der Waals surface area contributed by atoms with Crippen molar-refractivity contribution in [2.75, 3.05) is 5.75 Å². The van der Waals surface area contributed by atoms with Gasteiger partial charge in [-0.3, -0.25) is 4.79 Å². The quantitative estimate of drug-likeness (QED) is 0.829. The van der Waals surface area contributed by atoms with Crippen LogP contribution in [-0.4, -0.2) is 36.8 Å². The maximum Gasteiger partial charge on any atom is 0.346 e. The SMILES string of the molecule is CC(C)(C)OC(=O)CS(=O)(=O)Cc1ccsc1C(=O)O. The van der Waals surface area contributed by atoms with E-state index >= 15 is 0 Å². The lowest BCUT2D eigenvalue weighted by molar-refractivity contribution is -0.151. The Balaban J connectivity index is 2.78. The summed E-state index contributed by atoms with van der Waals surface area (Å²) in [4.78, 5) is 22.4. The number of sulfone groups is 1. The van der Waals surface area contributed by atoms with Crippen LogP contribution < -0.4 is 0 Å². The van der Waals surface area contributed by atoms with Crippen LogP contribution in [0.4, 0.5) is 0 Å². The van der Waals surface area contributed by atoms with E-state index in [9.17, 15) is 18.0 Å². The molecule has 0 saturated heterocycles. The second-order valence-corrected chi connectivity index (χ2v) is 8.18. The molecule has 0 saturated carbocycles. The smallest absolute Gasteiger partial charge is 0.346 e. The minimum absolute atomic E-state index is 0.0298. The number of carboxylic acid groups (broad SMARTS) is 1. The zero-order valence-electron chi connectivity index (χ0n) is 11.4. The average Bonchev–Trinajstić information content (AvgIpc) is 2.59. The van der Waals surface area contributed by atoms with Gasteiger partial charge in [0, 0.05) is 0 Å². The highest BCUT2D eigenvalue weighted by atomic mass is 32.2. The lowest BCUT2D eigenvalue weighted by Crippen LogP contribution is -2.29. The number of hydrogen-bond donors (Lipinski definition) is 1. The van der Waals surface area contributed by atoms with Crippen molar-refractivity contribution < 1.29 is 27.9 Å². The number of rotatable bonds is 5. The predicted octanol–water partition coefficient (Wildman–Crippen LogP) is 1.70. The van der Waals surface area contributed by atoms with Crippen LogP contribution >= 0.6 is 11.3 Å². The van der Waals surface area contributed by atoms with Gasteiger partial charge in [0.15, 0.2) is 9.84 Å². The summed E-state index contributed by atoms with van der Waals surface area (Å²) in [6, 6.07) is 1.43. The van der Waals surface area contributed by atoms with E-state index in [1.165, 1.54) is 11.4 Å². The molecule has 0 aliphatic heterocycles. The first-order valence-electron chi connectivity index (χ1n) is 5.72. The van der Waals surface area contributed by atoms with Crippen molar-refractivity contribution in [3.63, 3.8) is 0 Å². The molecule has 0 aromatic carbocycles. The van der Waals surface area contributed by atoms with Gasteiger partial charge in [0.25, 0.3) is 0 Å². The summed E-state index contributed by atoms with van der Waals surface area (Å²) in [5.41, 5.74) is -0.577. The summed E-state index contributed by atoms with van der Waals surface area (Å²) in [5.74, 6) is -3.27. The molecule has 0 unspecified atom stereocenters. The first-order chi connectivity index (χ1) is 9.00. The van der Waals surface area contributed by atoms with E-state index in [2.05, 4.69) is 0 Å². The third-order valence-electron chi connectivity index (χ3n) is 2.07. The standard InChI is InChI=1S/C12H16O6S2/c1-12(2,3)18-9(13)7-20(16,17)6-8-4-5-19-10(8)11(14)15/h4-5H,6-7H2,1-3H3,(H,14,15). The summed E-state index contributed by atoms with van der Waals surface area (Å²) < 4.78 is 28.7. The summed E-state index contributed by atoms with van der Waals surface area (Å²) >= 11 is 0.947. The molecule has 6 nitrogen and oxygen atoms in total. The summed E-state index contributed by atoms with van der Waals surface area (Å²) in [5, 5.41) is 10.4. The van der Waals surface area contributed by atoms with Crippen molar-refractivity contribution in [2.45, 2.75) is 32.1 Å². The Hall–Kier alpha value is -1.41. The molecule has 20 heavy (non-hydrogen) atoms. The Morgan fingerprint density at radius 1 is 1.35 bits per heavy atom. The molecule has 1 heterocycles. The molecule has 0 bridgehead atoms. The lowest BCUT2D eigenvalue weighted by atomic mass is 10.2. The molecular weight excluding hydrogens is 304 g/mol. The van der Waals surface area contributed by atoms with E-state index in [4.69, 9.17) is 9.84 Å². The largest absolute Gasteiger partial charge is 0.477 e. The second kappa shape index (κ2) is 5.92. The molecule has 0 aliphatic carbocycles. The number of ether oxygens (including phenoxy) is 1. The number of carbonyl (C=O) groups is 2. The van der Waals surface area contributed by atoms with Crippen molar-refractivity contribution in [1.29, 1.82) is 0 Å². The monoisotopic (exact) mass is 320 g/mol. The highest BCUT2D eigenvalue weighted by Gasteiger charge is 2.25. The van der Waals surface area contributed by atoms with Crippen LogP contribution in [0, 0.1) is 0 Å². The van der Waals surface area contributed by atoms with Crippen LogP contribution in [0.15, 0.2) is 11.4 Å². The van der Waals surface area contributed by atoms with Gasteiger partial charge in [0.2, 0.25) is 0 Å². The molecule has 0 amide bonds. The van der Waals surface area contributed by atoms with Gasteiger partial charge < -0.3 is 9.84 Å². The molecule has 0 fully saturated rings. The van der Waals surface area contributed by atoms with Crippen molar-refractivity contribution in [3.8, 4) is 0 Å². The van der Waals surface area contributed by atoms with Gasteiger partial charge in [0.1, 0.15) is 16.2 Å². The van der Waals surface area contributed by atoms with E-state index in [-0.39, 0.29) is 10.4 Å². The van der Waals surface area contributed by atoms with Gasteiger partial charge >= 0.3 is 11.9 Å². The van der Waals surface area contributed by atoms with E-state index < -0.39 is 38.9 Å². The topological polar surface area (TPSA) is 97.7 Å². The molecular formula is C12H16O6S2. The van der Waals surface area contributed by atoms with Gasteiger partial charge in [-0.1, -0.05) is 0 Å². The van der Waals surface area contributed by atoms with Crippen LogP contribution in [0.5, 0.6) is 0 Å². The summed E-state index contributed by atoms with van der Waals surface area (Å²) in [6.45, 7) is 4.91. The number of aromatic carboxylic acids is 1. The summed E-state index contributed by atoms with van der Waals surface area (Å²) in [6.07, 6.45) is 0. The normalized spacial score (nSPS) is 12.2. The van der Waals surface area contributed by atoms with E-state index in [0.29, 0.717) is 0 Å². The van der Waals surface area contributed by atoms with E-state index in [1.807, 2.05) is 0 Å². The minimum atomic E-state index is -3.76. The van der Waals surface area contributed by atoms with Crippen LogP contribution in [-0.2, 0) is 25.1 Å². The van der Waals surface area contributed by atoms with Crippen LogP contribution in [0.1, 0.15) is 36.0 Å². The highest BCUT2D eigenvalue weighted by molar-refractivity contribution is 7.91. The number of carboxylic acids is 1. The molecule has 0 aliphatic rings. The van der Waals surface area contributed by atoms with Gasteiger partial charge in [-0.25, -0.2) is 13.2 Å². The maximum absolute atomic E-state index is 11.9. The van der Waals surface area contributed by atoms with Crippen LogP contribution in [0.3, 0.4) is 0 Å². The van der Waals surface area contributed by atoms with Crippen molar-refractivity contribution in [3.05, 3.63) is 21.9 Å². The lowest BCUT2D eigenvalue weighted by Gasteiger charge is -2.19. The van der Waals surface area contributed by atoms with E-state index in [1.54, 1.807) is 20.8 Å². The maximum atomic E-state index is 11.9. The molecule has 1 rings (SSSR count). The third kappa shape index (κ3) is 5.30. The molecule has 1 N–H and O–H groups in total. The second-order valence-electron chi connectivity index (χ2n) is 5.20. The number of thiophene rings is 1. The van der Waals surface area contributed by atoms with Gasteiger partial charge in [-0.05, 0) is 37.8 Å². The van der Waals surface area contributed by atoms with Gasteiger partial charge in [0.05, 0.1) is 5.75 Å². The molecule has 0 atom stereocenters. The Morgan fingerprint density at radius 2 is 1.95 bits per heavy atom. The van der Waals surface area contributed by atoms with Crippen LogP contribution in [0.25, 0.3) is 0 Å². The van der Waals surface area contributed by atoms with Gasteiger partial charge in [-0.15, -0.1) is 11.3 Å². The third-order valence-corrected chi connectivity index (χ3v) is 4.45. The molecule has 1 aromatic heterocycles. The van der Waals surface area contributed by atoms with E-state index in [0.717, 1.165) is 11.3 Å². The number of hydrogen-bond acceptors (Lipinski definition) is 6. The zero-order chi connectivity index (χ0) is 15.6. The summed E-state index contributed by atoms with van der Waals surface area (Å²) in [7, 11) is -3.76. The van der Waals surface area contributed by atoms with Crippen molar-refractivity contribution in [2.24, 2.45) is 0 Å². The Bertz CT molecular complexity index is 606. The van der Waals surface area contributed by atoms with Gasteiger partial charge in [-0.2, -0.15) is 0 Å². The first kappa shape index (κ1) is 16.6. The molecule has 1 aromatic rings. The Labute approximate surface area is 121 Å². The number of esters is 1. The Morgan fingerprint density at radius 3 is 2.45 bits per heavy atom. The average molecular weight is 320 g/mol. The van der Waals surface area contributed by atoms with Crippen molar-refractivity contribution >= 4 is 33.1 Å². The zero-order valence-corrected chi connectivity index (χ0v) is 13.0. The van der Waals surface area contributed by atoms with Crippen molar-refractivity contribution in [1.82, 2.24) is 0 Å². The predicted molar refractivity (Wildman–Crippen MR) is 74.6 cm³/mol. The molecule has 112 valence electrons. The molecule has 0 spiro atoms. The fourth-order valence-electron chi connectivity index (χ4n) is 1.48.